The SMILES string of the molecule is COc1ccnc(-n2c3[c-]c(Oc4[c-]c(-n5nc(C)c(C6C(F)=CCC[C@@H]6F)c5C)cc(C)c4)ccc3c3ccccc32)c1.[Pt+2]. The summed E-state index contributed by atoms with van der Waals surface area (Å²) >= 11 is 0. The van der Waals surface area contributed by atoms with E-state index in [2.05, 4.69) is 28.3 Å². The number of hydrogen-bond donors (Lipinski definition) is 0. The Morgan fingerprint density at radius 1 is 0.956 bits per heavy atom. The van der Waals surface area contributed by atoms with E-state index in [1.807, 2.05) is 73.0 Å². The number of halogens is 2. The minimum absolute atomic E-state index is 0. The number of aromatic nitrogens is 4. The summed E-state index contributed by atoms with van der Waals surface area (Å²) < 4.78 is 45.3. The maximum absolute atomic E-state index is 14.9. The number of allylic oxidation sites excluding steroid dienone is 2. The summed E-state index contributed by atoms with van der Waals surface area (Å²) in [6, 6.07) is 26.3. The minimum Gasteiger partial charge on any atom is -0.509 e. The van der Waals surface area contributed by atoms with Gasteiger partial charge in [-0.1, -0.05) is 36.7 Å². The molecule has 1 unspecified atom stereocenters. The maximum Gasteiger partial charge on any atom is 2.00 e. The number of alkyl halides is 1. The van der Waals surface area contributed by atoms with Crippen molar-refractivity contribution in [3.8, 4) is 28.8 Å². The Kier molecular flexibility index (Phi) is 8.36. The fourth-order valence-corrected chi connectivity index (χ4v) is 6.28. The number of rotatable bonds is 6. The molecular formula is C36H30F2N4O2Pt. The van der Waals surface area contributed by atoms with Crippen LogP contribution in [0.1, 0.15) is 41.3 Å². The summed E-state index contributed by atoms with van der Waals surface area (Å²) in [5.74, 6) is 1.00. The fraction of sp³-hybridized carbons (Fsp3) is 0.222. The van der Waals surface area contributed by atoms with Gasteiger partial charge in [0.15, 0.2) is 0 Å². The summed E-state index contributed by atoms with van der Waals surface area (Å²) in [4.78, 5) is 4.62. The maximum atomic E-state index is 14.9. The van der Waals surface area contributed by atoms with Crippen molar-refractivity contribution in [1.29, 1.82) is 0 Å². The molecular weight excluding hydrogens is 753 g/mol. The quantitative estimate of drug-likeness (QED) is 0.159. The van der Waals surface area contributed by atoms with Gasteiger partial charge in [0.25, 0.3) is 0 Å². The predicted octanol–water partition coefficient (Wildman–Crippen LogP) is 8.76. The van der Waals surface area contributed by atoms with Gasteiger partial charge >= 0.3 is 21.1 Å². The van der Waals surface area contributed by atoms with Gasteiger partial charge in [-0.2, -0.15) is 16.7 Å². The molecule has 0 saturated carbocycles. The number of pyridine rings is 1. The third kappa shape index (κ3) is 5.46. The Morgan fingerprint density at radius 3 is 2.58 bits per heavy atom. The molecule has 0 spiro atoms. The van der Waals surface area contributed by atoms with Gasteiger partial charge in [-0.05, 0) is 49.9 Å². The van der Waals surface area contributed by atoms with E-state index in [1.165, 1.54) is 6.08 Å². The van der Waals surface area contributed by atoms with Gasteiger partial charge in [-0.15, -0.1) is 35.7 Å². The Balaban J connectivity index is 0.00000357. The molecule has 6 aromatic rings. The molecule has 0 fully saturated rings. The first-order chi connectivity index (χ1) is 21.3. The van der Waals surface area contributed by atoms with E-state index >= 15 is 0 Å². The monoisotopic (exact) mass is 783 g/mol. The third-order valence-corrected chi connectivity index (χ3v) is 8.26. The summed E-state index contributed by atoms with van der Waals surface area (Å²) in [6.07, 6.45) is 2.61. The van der Waals surface area contributed by atoms with Gasteiger partial charge in [0.1, 0.15) is 23.6 Å². The molecule has 0 saturated heterocycles. The van der Waals surface area contributed by atoms with Crippen LogP contribution in [0.3, 0.4) is 0 Å². The van der Waals surface area contributed by atoms with Crippen LogP contribution in [0.5, 0.6) is 17.2 Å². The van der Waals surface area contributed by atoms with E-state index in [-0.39, 0.29) is 21.1 Å². The van der Waals surface area contributed by atoms with Crippen LogP contribution in [0.15, 0.2) is 78.8 Å². The summed E-state index contributed by atoms with van der Waals surface area (Å²) in [5, 5.41) is 6.76. The average Bonchev–Trinajstić information content (AvgIpc) is 3.50. The van der Waals surface area contributed by atoms with Crippen molar-refractivity contribution < 1.29 is 39.3 Å². The standard InChI is InChI=1S/C36H30F2N4O2.Pt/c1-21-16-24(42-23(3)35(22(2)40-42)36-30(37)9-7-10-31(36)38)18-27(17-21)44-26-12-13-29-28-8-5-6-11-32(28)41(33(29)19-26)34-20-25(43-4)14-15-39-34;/h5-6,8-9,11-17,20,31,36H,7,10H2,1-4H3;/q-2;+2/t31-,36?;/m0./s1. The zero-order valence-electron chi connectivity index (χ0n) is 25.2. The molecule has 3 aromatic carbocycles. The van der Waals surface area contributed by atoms with E-state index in [0.717, 1.165) is 27.4 Å². The minimum atomic E-state index is -1.29. The van der Waals surface area contributed by atoms with Crippen LogP contribution >= 0.6 is 0 Å². The second-order valence-corrected chi connectivity index (χ2v) is 11.2. The molecule has 0 N–H and O–H groups in total. The van der Waals surface area contributed by atoms with Crippen molar-refractivity contribution in [3.05, 3.63) is 113 Å². The van der Waals surface area contributed by atoms with Crippen molar-refractivity contribution in [2.24, 2.45) is 0 Å². The first-order valence-corrected chi connectivity index (χ1v) is 14.6. The van der Waals surface area contributed by atoms with Gasteiger partial charge in [-0.25, -0.2) is 13.8 Å². The summed E-state index contributed by atoms with van der Waals surface area (Å²) in [5.41, 5.74) is 5.20. The average molecular weight is 784 g/mol. The number of nitrogens with zero attached hydrogens (tertiary/aromatic N) is 4. The van der Waals surface area contributed by atoms with Crippen molar-refractivity contribution in [3.63, 3.8) is 0 Å². The molecule has 2 atom stereocenters. The molecule has 0 aliphatic heterocycles. The topological polar surface area (TPSA) is 54.1 Å². The molecule has 0 radical (unpaired) electrons. The molecule has 3 heterocycles. The van der Waals surface area contributed by atoms with Crippen molar-refractivity contribution >= 4 is 21.8 Å². The van der Waals surface area contributed by atoms with E-state index in [4.69, 9.17) is 9.47 Å². The van der Waals surface area contributed by atoms with Crippen molar-refractivity contribution in [2.45, 2.75) is 45.7 Å². The van der Waals surface area contributed by atoms with E-state index in [1.54, 1.807) is 24.9 Å². The number of methoxy groups -OCH3 is 1. The normalized spacial score (nSPS) is 16.4. The molecule has 6 nitrogen and oxygen atoms in total. The van der Waals surface area contributed by atoms with Crippen LogP contribution < -0.4 is 9.47 Å². The number of hydrogen-bond acceptors (Lipinski definition) is 4. The summed E-state index contributed by atoms with van der Waals surface area (Å²) in [7, 11) is 1.63. The molecule has 1 aliphatic rings. The zero-order chi connectivity index (χ0) is 30.5. The van der Waals surface area contributed by atoms with Crippen molar-refractivity contribution in [2.75, 3.05) is 7.11 Å². The van der Waals surface area contributed by atoms with Gasteiger partial charge in [0, 0.05) is 40.5 Å². The van der Waals surface area contributed by atoms with Crippen LogP contribution in [0.2, 0.25) is 0 Å². The first-order valence-electron chi connectivity index (χ1n) is 14.6. The number of benzene rings is 3. The molecule has 0 bridgehead atoms. The molecule has 45 heavy (non-hydrogen) atoms. The van der Waals surface area contributed by atoms with E-state index < -0.39 is 17.9 Å². The van der Waals surface area contributed by atoms with Gasteiger partial charge in [0.05, 0.1) is 18.7 Å². The van der Waals surface area contributed by atoms with Gasteiger partial charge in [-0.3, -0.25) is 4.68 Å². The Morgan fingerprint density at radius 2 is 1.78 bits per heavy atom. The van der Waals surface area contributed by atoms with E-state index in [9.17, 15) is 8.78 Å². The van der Waals surface area contributed by atoms with Crippen LogP contribution in [0.4, 0.5) is 8.78 Å². The molecule has 3 aromatic heterocycles. The van der Waals surface area contributed by atoms with Crippen LogP contribution in [0, 0.1) is 32.9 Å². The number of aryl methyl sites for hydroxylation is 2. The van der Waals surface area contributed by atoms with Crippen LogP contribution in [-0.2, 0) is 21.1 Å². The van der Waals surface area contributed by atoms with Crippen molar-refractivity contribution in [1.82, 2.24) is 19.3 Å². The number of fused-ring (bicyclic) bond motifs is 3. The number of para-hydroxylation sites is 1. The van der Waals surface area contributed by atoms with Crippen LogP contribution in [-0.4, -0.2) is 32.6 Å². The molecule has 1 aliphatic carbocycles. The Labute approximate surface area is 274 Å². The number of ether oxygens (including phenoxy) is 2. The van der Waals surface area contributed by atoms with Gasteiger partial charge in [0.2, 0.25) is 0 Å². The molecule has 0 amide bonds. The molecule has 230 valence electrons. The summed E-state index contributed by atoms with van der Waals surface area (Å²) in [6.45, 7) is 5.59. The first kappa shape index (κ1) is 30.7. The predicted molar refractivity (Wildman–Crippen MR) is 167 cm³/mol. The molecule has 7 rings (SSSR count). The van der Waals surface area contributed by atoms with Gasteiger partial charge < -0.3 is 14.0 Å². The Hall–Kier alpha value is -4.29. The largest absolute Gasteiger partial charge is 2.00 e. The zero-order valence-corrected chi connectivity index (χ0v) is 27.4. The molecule has 9 heteroatoms. The Bertz CT molecular complexity index is 2080. The second-order valence-electron chi connectivity index (χ2n) is 11.2. The fourth-order valence-electron chi connectivity index (χ4n) is 6.28. The second kappa shape index (κ2) is 12.2. The van der Waals surface area contributed by atoms with Crippen LogP contribution in [0.25, 0.3) is 33.3 Å². The third-order valence-electron chi connectivity index (χ3n) is 8.26. The van der Waals surface area contributed by atoms with E-state index in [0.29, 0.717) is 58.5 Å². The smallest absolute Gasteiger partial charge is 0.509 e.